The number of halogens is 1. The average Bonchev–Trinajstić information content (AvgIpc) is 3.41. The van der Waals surface area contributed by atoms with E-state index in [9.17, 15) is 4.79 Å². The van der Waals surface area contributed by atoms with Crippen molar-refractivity contribution in [3.63, 3.8) is 0 Å². The van der Waals surface area contributed by atoms with Gasteiger partial charge in [-0.1, -0.05) is 11.6 Å². The normalized spacial score (nSPS) is 17.3. The first-order valence-corrected chi connectivity index (χ1v) is 7.87. The Morgan fingerprint density at radius 3 is 2.09 bits per heavy atom. The maximum atomic E-state index is 12.2. The topological polar surface area (TPSA) is 71.8 Å². The highest BCUT2D eigenvalue weighted by atomic mass is 35.5. The molecule has 0 saturated heterocycles. The molecule has 0 bridgehead atoms. The predicted molar refractivity (Wildman–Crippen MR) is 83.8 cm³/mol. The highest BCUT2D eigenvalue weighted by Crippen LogP contribution is 2.43. The molecule has 2 aliphatic rings. The predicted octanol–water partition coefficient (Wildman–Crippen LogP) is 3.46. The van der Waals surface area contributed by atoms with Gasteiger partial charge in [0.2, 0.25) is 0 Å². The molecule has 7 heteroatoms. The Morgan fingerprint density at radius 2 is 1.59 bits per heavy atom. The molecule has 1 aromatic heterocycles. The molecule has 2 N–H and O–H groups in total. The first-order chi connectivity index (χ1) is 10.7. The van der Waals surface area contributed by atoms with E-state index in [4.69, 9.17) is 11.6 Å². The highest BCUT2D eigenvalue weighted by Gasteiger charge is 2.36. The van der Waals surface area contributed by atoms with Crippen LogP contribution in [0.25, 0.3) is 0 Å². The van der Waals surface area contributed by atoms with Crippen LogP contribution in [0, 0.1) is 0 Å². The first kappa shape index (κ1) is 13.6. The maximum absolute atomic E-state index is 12.2. The van der Waals surface area contributed by atoms with Gasteiger partial charge in [0.25, 0.3) is 0 Å². The highest BCUT2D eigenvalue weighted by molar-refractivity contribution is 6.30. The fraction of sp³-hybridized carbons (Fsp3) is 0.400. The van der Waals surface area contributed by atoms with Crippen molar-refractivity contribution >= 4 is 23.3 Å². The largest absolute Gasteiger partial charge is 0.338 e. The van der Waals surface area contributed by atoms with Gasteiger partial charge in [0, 0.05) is 22.5 Å². The molecule has 2 aromatic rings. The van der Waals surface area contributed by atoms with Crippen LogP contribution in [0.5, 0.6) is 0 Å². The van der Waals surface area contributed by atoms with E-state index >= 15 is 0 Å². The molecule has 22 heavy (non-hydrogen) atoms. The van der Waals surface area contributed by atoms with Gasteiger partial charge in [-0.15, -0.1) is 10.2 Å². The van der Waals surface area contributed by atoms with Crippen molar-refractivity contribution in [2.45, 2.75) is 37.5 Å². The second kappa shape index (κ2) is 5.28. The number of nitrogens with zero attached hydrogens (tertiary/aromatic N) is 3. The Bertz CT molecular complexity index is 674. The quantitative estimate of drug-likeness (QED) is 0.907. The molecule has 114 valence electrons. The second-order valence-corrected chi connectivity index (χ2v) is 6.31. The number of urea groups is 1. The molecule has 6 nitrogen and oxygen atoms in total. The van der Waals surface area contributed by atoms with Crippen LogP contribution in [0.3, 0.4) is 0 Å². The Labute approximate surface area is 132 Å². The van der Waals surface area contributed by atoms with Crippen LogP contribution < -0.4 is 10.7 Å². The molecule has 2 fully saturated rings. The number of aromatic nitrogens is 3. The van der Waals surface area contributed by atoms with E-state index in [1.165, 1.54) is 0 Å². The number of carbonyl (C=O) groups excluding carboxylic acids is 1. The molecule has 0 radical (unpaired) electrons. The average molecular weight is 318 g/mol. The minimum Gasteiger partial charge on any atom is -0.307 e. The van der Waals surface area contributed by atoms with Crippen molar-refractivity contribution < 1.29 is 4.79 Å². The molecule has 2 saturated carbocycles. The molecule has 0 unspecified atom stereocenters. The van der Waals surface area contributed by atoms with Gasteiger partial charge in [0.05, 0.1) is 0 Å². The number of anilines is 1. The fourth-order valence-corrected chi connectivity index (χ4v) is 2.56. The van der Waals surface area contributed by atoms with E-state index in [2.05, 4.69) is 20.9 Å². The SMILES string of the molecule is O=C(Nc1ccc(Cl)cc1)Nn1c(C2CC2)nnc1C1CC1. The van der Waals surface area contributed by atoms with E-state index in [1.807, 2.05) is 0 Å². The molecule has 0 aliphatic heterocycles. The smallest absolute Gasteiger partial charge is 0.307 e. The Hall–Kier alpha value is -2.08. The van der Waals surface area contributed by atoms with Gasteiger partial charge >= 0.3 is 6.03 Å². The molecule has 1 aromatic carbocycles. The van der Waals surface area contributed by atoms with Crippen LogP contribution in [-0.4, -0.2) is 20.9 Å². The Balaban J connectivity index is 1.51. The lowest BCUT2D eigenvalue weighted by molar-refractivity contribution is 0.259. The van der Waals surface area contributed by atoms with Crippen LogP contribution in [-0.2, 0) is 0 Å². The van der Waals surface area contributed by atoms with Gasteiger partial charge < -0.3 is 5.32 Å². The summed E-state index contributed by atoms with van der Waals surface area (Å²) in [5, 5.41) is 12.0. The van der Waals surface area contributed by atoms with Crippen LogP contribution in [0.1, 0.15) is 49.2 Å². The van der Waals surface area contributed by atoms with Crippen LogP contribution in [0.2, 0.25) is 5.02 Å². The summed E-state index contributed by atoms with van der Waals surface area (Å²) >= 11 is 5.84. The van der Waals surface area contributed by atoms with Gasteiger partial charge in [-0.25, -0.2) is 14.9 Å². The molecular weight excluding hydrogens is 302 g/mol. The zero-order valence-electron chi connectivity index (χ0n) is 11.9. The maximum Gasteiger partial charge on any atom is 0.338 e. The summed E-state index contributed by atoms with van der Waals surface area (Å²) in [6.45, 7) is 0. The summed E-state index contributed by atoms with van der Waals surface area (Å²) < 4.78 is 1.78. The number of benzene rings is 1. The number of nitrogens with one attached hydrogen (secondary N) is 2. The molecule has 0 spiro atoms. The second-order valence-electron chi connectivity index (χ2n) is 5.87. The van der Waals surface area contributed by atoms with Gasteiger partial charge in [-0.05, 0) is 49.9 Å². The molecule has 1 heterocycles. The summed E-state index contributed by atoms with van der Waals surface area (Å²) in [7, 11) is 0. The third kappa shape index (κ3) is 2.78. The molecular formula is C15H16ClN5O. The summed E-state index contributed by atoms with van der Waals surface area (Å²) in [6, 6.07) is 6.70. The zero-order valence-corrected chi connectivity index (χ0v) is 12.7. The van der Waals surface area contributed by atoms with Crippen molar-refractivity contribution in [1.82, 2.24) is 14.9 Å². The van der Waals surface area contributed by atoms with Crippen molar-refractivity contribution in [3.8, 4) is 0 Å². The number of hydrogen-bond donors (Lipinski definition) is 2. The lowest BCUT2D eigenvalue weighted by Gasteiger charge is -2.12. The van der Waals surface area contributed by atoms with Crippen molar-refractivity contribution in [1.29, 1.82) is 0 Å². The van der Waals surface area contributed by atoms with Crippen LogP contribution >= 0.6 is 11.6 Å². The summed E-state index contributed by atoms with van der Waals surface area (Å²) in [5.74, 6) is 2.59. The minimum absolute atomic E-state index is 0.300. The van der Waals surface area contributed by atoms with E-state index in [1.54, 1.807) is 28.9 Å². The van der Waals surface area contributed by atoms with Crippen LogP contribution in [0.15, 0.2) is 24.3 Å². The summed E-state index contributed by atoms with van der Waals surface area (Å²) in [5.41, 5.74) is 3.56. The van der Waals surface area contributed by atoms with E-state index in [-0.39, 0.29) is 6.03 Å². The molecule has 4 rings (SSSR count). The van der Waals surface area contributed by atoms with Gasteiger partial charge in [0.1, 0.15) is 0 Å². The van der Waals surface area contributed by atoms with Crippen molar-refractivity contribution in [2.24, 2.45) is 0 Å². The lowest BCUT2D eigenvalue weighted by atomic mass is 10.3. The molecule has 2 amide bonds. The molecule has 0 atom stereocenters. The van der Waals surface area contributed by atoms with E-state index in [0.717, 1.165) is 37.3 Å². The van der Waals surface area contributed by atoms with Gasteiger partial charge in [0.15, 0.2) is 11.6 Å². The fourth-order valence-electron chi connectivity index (χ4n) is 2.43. The number of carbonyl (C=O) groups is 1. The summed E-state index contributed by atoms with van der Waals surface area (Å²) in [4.78, 5) is 12.2. The third-order valence-electron chi connectivity index (χ3n) is 3.91. The lowest BCUT2D eigenvalue weighted by Crippen LogP contribution is -2.30. The minimum atomic E-state index is -0.300. The Kier molecular flexibility index (Phi) is 3.26. The number of amides is 2. The van der Waals surface area contributed by atoms with Crippen LogP contribution in [0.4, 0.5) is 10.5 Å². The van der Waals surface area contributed by atoms with Gasteiger partial charge in [-0.2, -0.15) is 0 Å². The monoisotopic (exact) mass is 317 g/mol. The van der Waals surface area contributed by atoms with Crippen molar-refractivity contribution in [2.75, 3.05) is 10.7 Å². The standard InChI is InChI=1S/C15H16ClN5O/c16-11-5-7-12(8-6-11)17-15(22)20-21-13(9-1-2-9)18-19-14(21)10-3-4-10/h5-10H,1-4H2,(H2,17,20,22). The van der Waals surface area contributed by atoms with Gasteiger partial charge in [-0.3, -0.25) is 0 Å². The Morgan fingerprint density at radius 1 is 1.05 bits per heavy atom. The van der Waals surface area contributed by atoms with E-state index in [0.29, 0.717) is 22.5 Å². The van der Waals surface area contributed by atoms with Crippen molar-refractivity contribution in [3.05, 3.63) is 40.9 Å². The van der Waals surface area contributed by atoms with E-state index < -0.39 is 0 Å². The number of rotatable bonds is 4. The zero-order chi connectivity index (χ0) is 15.1. The molecule has 2 aliphatic carbocycles. The summed E-state index contributed by atoms with van der Waals surface area (Å²) in [6.07, 6.45) is 4.46. The third-order valence-corrected chi connectivity index (χ3v) is 4.17. The number of hydrogen-bond acceptors (Lipinski definition) is 3. The first-order valence-electron chi connectivity index (χ1n) is 7.49.